The van der Waals surface area contributed by atoms with Crippen molar-refractivity contribution < 1.29 is 24.2 Å². The molecule has 0 radical (unpaired) electrons. The van der Waals surface area contributed by atoms with Crippen LogP contribution in [-0.4, -0.2) is 24.7 Å². The Hall–Kier alpha value is -3.06. The fourth-order valence-electron chi connectivity index (χ4n) is 2.16. The quantitative estimate of drug-likeness (QED) is 0.550. The predicted molar refractivity (Wildman–Crippen MR) is 99.1 cm³/mol. The highest BCUT2D eigenvalue weighted by atomic mass is 35.5. The van der Waals surface area contributed by atoms with Crippen molar-refractivity contribution in [3.05, 3.63) is 58.1 Å². The zero-order valence-electron chi connectivity index (χ0n) is 14.8. The summed E-state index contributed by atoms with van der Waals surface area (Å²) in [7, 11) is 0. The number of hydrazone groups is 1. The maximum absolute atomic E-state index is 10.9. The van der Waals surface area contributed by atoms with E-state index in [1.807, 2.05) is 6.92 Å². The second-order valence-corrected chi connectivity index (χ2v) is 5.87. The SMILES string of the molecule is CCOc1cc(/C=N\NC(C)=O)cc(Cl)c1OCc1ccc(C(=O)[O-])cc1. The van der Waals surface area contributed by atoms with Gasteiger partial charge in [0, 0.05) is 6.92 Å². The number of hydrogen-bond donors (Lipinski definition) is 1. The smallest absolute Gasteiger partial charge is 0.236 e. The molecule has 0 bridgehead atoms. The Morgan fingerprint density at radius 3 is 2.52 bits per heavy atom. The van der Waals surface area contributed by atoms with Crippen molar-refractivity contribution in [1.29, 1.82) is 0 Å². The first-order valence-electron chi connectivity index (χ1n) is 8.09. The van der Waals surface area contributed by atoms with E-state index in [1.165, 1.54) is 25.3 Å². The van der Waals surface area contributed by atoms with Crippen LogP contribution in [0.5, 0.6) is 11.5 Å². The summed E-state index contributed by atoms with van der Waals surface area (Å²) in [5.74, 6) is -0.729. The molecular weight excluding hydrogens is 372 g/mol. The topological polar surface area (TPSA) is 100 Å². The van der Waals surface area contributed by atoms with Gasteiger partial charge in [-0.2, -0.15) is 5.10 Å². The number of halogens is 1. The van der Waals surface area contributed by atoms with Gasteiger partial charge in [-0.25, -0.2) is 5.43 Å². The van der Waals surface area contributed by atoms with Crippen molar-refractivity contribution >= 4 is 29.7 Å². The molecule has 27 heavy (non-hydrogen) atoms. The molecule has 0 fully saturated rings. The van der Waals surface area contributed by atoms with E-state index in [1.54, 1.807) is 24.3 Å². The third-order valence-corrected chi connectivity index (χ3v) is 3.62. The third kappa shape index (κ3) is 6.00. The molecule has 2 aromatic rings. The number of nitrogens with one attached hydrogen (secondary N) is 1. The first-order chi connectivity index (χ1) is 12.9. The molecule has 0 aromatic heterocycles. The van der Waals surface area contributed by atoms with Gasteiger partial charge >= 0.3 is 0 Å². The van der Waals surface area contributed by atoms with Gasteiger partial charge in [0.25, 0.3) is 0 Å². The zero-order chi connectivity index (χ0) is 19.8. The number of carboxylic acid groups (broad SMARTS) is 1. The van der Waals surface area contributed by atoms with Crippen LogP contribution in [-0.2, 0) is 11.4 Å². The van der Waals surface area contributed by atoms with Crippen molar-refractivity contribution in [2.45, 2.75) is 20.5 Å². The largest absolute Gasteiger partial charge is 0.545 e. The van der Waals surface area contributed by atoms with Gasteiger partial charge in [-0.15, -0.1) is 0 Å². The fraction of sp³-hybridized carbons (Fsp3) is 0.211. The average molecular weight is 390 g/mol. The van der Waals surface area contributed by atoms with E-state index in [0.717, 1.165) is 5.56 Å². The lowest BCUT2D eigenvalue weighted by molar-refractivity contribution is -0.255. The van der Waals surface area contributed by atoms with E-state index in [9.17, 15) is 14.7 Å². The molecule has 142 valence electrons. The summed E-state index contributed by atoms with van der Waals surface area (Å²) in [6.45, 7) is 3.76. The Morgan fingerprint density at radius 2 is 1.93 bits per heavy atom. The Bertz CT molecular complexity index is 850. The normalized spacial score (nSPS) is 10.6. The summed E-state index contributed by atoms with van der Waals surface area (Å²) in [6.07, 6.45) is 1.44. The zero-order valence-corrected chi connectivity index (χ0v) is 15.6. The van der Waals surface area contributed by atoms with Gasteiger partial charge in [0.1, 0.15) is 6.61 Å². The molecule has 0 saturated carbocycles. The summed E-state index contributed by atoms with van der Waals surface area (Å²) < 4.78 is 11.4. The molecule has 0 atom stereocenters. The van der Waals surface area contributed by atoms with Gasteiger partial charge in [0.2, 0.25) is 5.91 Å². The van der Waals surface area contributed by atoms with Gasteiger partial charge in [-0.05, 0) is 35.7 Å². The van der Waals surface area contributed by atoms with Crippen LogP contribution in [0, 0.1) is 0 Å². The molecule has 2 aromatic carbocycles. The average Bonchev–Trinajstić information content (AvgIpc) is 2.61. The molecule has 0 aliphatic rings. The molecule has 0 heterocycles. The predicted octanol–water partition coefficient (Wildman–Crippen LogP) is 2.15. The first kappa shape index (κ1) is 20.3. The summed E-state index contributed by atoms with van der Waals surface area (Å²) in [4.78, 5) is 21.7. The van der Waals surface area contributed by atoms with Crippen molar-refractivity contribution in [1.82, 2.24) is 5.43 Å². The fourth-order valence-corrected chi connectivity index (χ4v) is 2.43. The van der Waals surface area contributed by atoms with Gasteiger partial charge in [0.05, 0.1) is 23.8 Å². The number of benzene rings is 2. The Kier molecular flexibility index (Phi) is 7.19. The van der Waals surface area contributed by atoms with E-state index in [0.29, 0.717) is 28.7 Å². The number of carbonyl (C=O) groups is 2. The third-order valence-electron chi connectivity index (χ3n) is 3.34. The molecule has 1 N–H and O–H groups in total. The highest BCUT2D eigenvalue weighted by Crippen LogP contribution is 2.37. The number of nitrogens with zero attached hydrogens (tertiary/aromatic N) is 1. The van der Waals surface area contributed by atoms with E-state index in [4.69, 9.17) is 21.1 Å². The number of carboxylic acids is 1. The molecule has 7 nitrogen and oxygen atoms in total. The highest BCUT2D eigenvalue weighted by Gasteiger charge is 2.12. The summed E-state index contributed by atoms with van der Waals surface area (Å²) in [5, 5.41) is 14.9. The van der Waals surface area contributed by atoms with Gasteiger partial charge in [-0.1, -0.05) is 35.9 Å². The number of carbonyl (C=O) groups excluding carboxylic acids is 2. The number of rotatable bonds is 8. The number of aromatic carboxylic acids is 1. The van der Waals surface area contributed by atoms with Crippen LogP contribution in [0.1, 0.15) is 35.3 Å². The summed E-state index contributed by atoms with van der Waals surface area (Å²) in [5.41, 5.74) is 3.79. The molecule has 1 amide bonds. The van der Waals surface area contributed by atoms with Crippen LogP contribution in [0.25, 0.3) is 0 Å². The van der Waals surface area contributed by atoms with Crippen LogP contribution in [0.4, 0.5) is 0 Å². The van der Waals surface area contributed by atoms with Crippen LogP contribution in [0.2, 0.25) is 5.02 Å². The number of amides is 1. The minimum absolute atomic E-state index is 0.0922. The Morgan fingerprint density at radius 1 is 1.22 bits per heavy atom. The molecular formula is C19H18ClN2O5-. The van der Waals surface area contributed by atoms with E-state index >= 15 is 0 Å². The van der Waals surface area contributed by atoms with Crippen molar-refractivity contribution in [3.8, 4) is 11.5 Å². The summed E-state index contributed by atoms with van der Waals surface area (Å²) >= 11 is 6.30. The highest BCUT2D eigenvalue weighted by molar-refractivity contribution is 6.32. The molecule has 0 spiro atoms. The molecule has 0 aliphatic carbocycles. The van der Waals surface area contributed by atoms with Crippen LogP contribution in [0.15, 0.2) is 41.5 Å². The van der Waals surface area contributed by atoms with Gasteiger partial charge < -0.3 is 19.4 Å². The first-order valence-corrected chi connectivity index (χ1v) is 8.47. The second-order valence-electron chi connectivity index (χ2n) is 5.46. The maximum Gasteiger partial charge on any atom is 0.236 e. The lowest BCUT2D eigenvalue weighted by atomic mass is 10.1. The maximum atomic E-state index is 10.9. The van der Waals surface area contributed by atoms with E-state index in [-0.39, 0.29) is 18.1 Å². The van der Waals surface area contributed by atoms with E-state index < -0.39 is 5.97 Å². The molecule has 2 rings (SSSR count). The number of hydrogen-bond acceptors (Lipinski definition) is 6. The van der Waals surface area contributed by atoms with Crippen LogP contribution >= 0.6 is 11.6 Å². The molecule has 8 heteroatoms. The minimum atomic E-state index is -1.24. The van der Waals surface area contributed by atoms with Crippen LogP contribution < -0.4 is 20.0 Å². The monoisotopic (exact) mass is 389 g/mol. The minimum Gasteiger partial charge on any atom is -0.545 e. The van der Waals surface area contributed by atoms with Gasteiger partial charge in [0.15, 0.2) is 11.5 Å². The molecule has 0 saturated heterocycles. The van der Waals surface area contributed by atoms with E-state index in [2.05, 4.69) is 10.5 Å². The van der Waals surface area contributed by atoms with Crippen molar-refractivity contribution in [3.63, 3.8) is 0 Å². The Labute approximate surface area is 161 Å². The lowest BCUT2D eigenvalue weighted by Crippen LogP contribution is -2.22. The van der Waals surface area contributed by atoms with Crippen molar-refractivity contribution in [2.75, 3.05) is 6.61 Å². The van der Waals surface area contributed by atoms with Gasteiger partial charge in [-0.3, -0.25) is 4.79 Å². The standard InChI is InChI=1S/C19H19ClN2O5/c1-3-26-17-9-14(10-21-22-12(2)23)8-16(20)18(17)27-11-13-4-6-15(7-5-13)19(24)25/h4-10H,3,11H2,1-2H3,(H,22,23)(H,24,25)/p-1/b21-10-. The Balaban J connectivity index is 2.18. The second kappa shape index (κ2) is 9.59. The van der Waals surface area contributed by atoms with Crippen LogP contribution in [0.3, 0.4) is 0 Å². The summed E-state index contributed by atoms with van der Waals surface area (Å²) in [6, 6.07) is 9.47. The van der Waals surface area contributed by atoms with Crippen molar-refractivity contribution in [2.24, 2.45) is 5.10 Å². The lowest BCUT2D eigenvalue weighted by Gasteiger charge is -2.14. The molecule has 0 aliphatic heterocycles. The molecule has 0 unspecified atom stereocenters. The number of ether oxygens (including phenoxy) is 2.